The van der Waals surface area contributed by atoms with Crippen LogP contribution in [0.2, 0.25) is 0 Å². The summed E-state index contributed by atoms with van der Waals surface area (Å²) in [6, 6.07) is 3.45. The quantitative estimate of drug-likeness (QED) is 0.503. The van der Waals surface area contributed by atoms with Gasteiger partial charge in [0.2, 0.25) is 0 Å². The molecule has 1 aromatic carbocycles. The van der Waals surface area contributed by atoms with Gasteiger partial charge in [0.15, 0.2) is 5.13 Å². The first-order valence-corrected chi connectivity index (χ1v) is 8.42. The Labute approximate surface area is 154 Å². The predicted molar refractivity (Wildman–Crippen MR) is 93.2 cm³/mol. The number of thiazole rings is 1. The third kappa shape index (κ3) is 3.84. The molecule has 2 aromatic heterocycles. The number of nitro groups is 1. The molecule has 1 amide bonds. The highest BCUT2D eigenvalue weighted by Gasteiger charge is 2.24. The summed E-state index contributed by atoms with van der Waals surface area (Å²) in [4.78, 5) is 27.0. The van der Waals surface area contributed by atoms with Crippen molar-refractivity contribution in [2.75, 3.05) is 5.32 Å². The predicted octanol–water partition coefficient (Wildman–Crippen LogP) is 3.51. The van der Waals surface area contributed by atoms with Gasteiger partial charge in [-0.2, -0.15) is 13.9 Å². The molecule has 3 rings (SSSR count). The van der Waals surface area contributed by atoms with E-state index in [-0.39, 0.29) is 22.3 Å². The van der Waals surface area contributed by atoms with Crippen LogP contribution in [0, 0.1) is 17.0 Å². The number of hydrogen-bond donors (Lipinski definition) is 1. The van der Waals surface area contributed by atoms with E-state index < -0.39 is 23.5 Å². The molecule has 1 atom stereocenters. The molecule has 0 fully saturated rings. The van der Waals surface area contributed by atoms with E-state index in [0.29, 0.717) is 10.2 Å². The minimum Gasteiger partial charge on any atom is -0.435 e. The van der Waals surface area contributed by atoms with Gasteiger partial charge in [-0.3, -0.25) is 19.6 Å². The number of carbonyl (C=O) groups excluding carboxylic acids is 1. The number of rotatable bonds is 6. The molecule has 9 nitrogen and oxygen atoms in total. The molecule has 0 aliphatic rings. The molecule has 12 heteroatoms. The summed E-state index contributed by atoms with van der Waals surface area (Å²) in [6.07, 6.45) is 1.08. The van der Waals surface area contributed by atoms with Crippen molar-refractivity contribution in [2.24, 2.45) is 0 Å². The SMILES string of the molecule is Cc1c([N+](=O)[O-])cnn1C(C)C(=O)Nc1nc2ccc(OC(F)F)cc2s1. The molecule has 0 saturated heterocycles. The van der Waals surface area contributed by atoms with Crippen LogP contribution in [0.1, 0.15) is 18.7 Å². The molecular formula is C15H13F2N5O4S. The zero-order chi connectivity index (χ0) is 19.7. The smallest absolute Gasteiger partial charge is 0.387 e. The van der Waals surface area contributed by atoms with Gasteiger partial charge >= 0.3 is 12.3 Å². The zero-order valence-corrected chi connectivity index (χ0v) is 14.9. The summed E-state index contributed by atoms with van der Waals surface area (Å²) in [5, 5.41) is 17.7. The van der Waals surface area contributed by atoms with Gasteiger partial charge in [0.05, 0.1) is 15.1 Å². The fourth-order valence-corrected chi connectivity index (χ4v) is 3.34. The van der Waals surface area contributed by atoms with Gasteiger partial charge in [0.1, 0.15) is 23.7 Å². The third-order valence-electron chi connectivity index (χ3n) is 3.78. The molecule has 1 N–H and O–H groups in total. The Morgan fingerprint density at radius 1 is 1.44 bits per heavy atom. The maximum absolute atomic E-state index is 12.4. The van der Waals surface area contributed by atoms with Gasteiger partial charge in [-0.25, -0.2) is 4.98 Å². The summed E-state index contributed by atoms with van der Waals surface area (Å²) in [5.41, 5.74) is 0.581. The molecule has 0 saturated carbocycles. The van der Waals surface area contributed by atoms with E-state index in [9.17, 15) is 23.7 Å². The molecule has 0 spiro atoms. The molecular weight excluding hydrogens is 384 g/mol. The fourth-order valence-electron chi connectivity index (χ4n) is 2.44. The largest absolute Gasteiger partial charge is 0.435 e. The second-order valence-electron chi connectivity index (χ2n) is 5.51. The van der Waals surface area contributed by atoms with Crippen molar-refractivity contribution in [2.45, 2.75) is 26.5 Å². The van der Waals surface area contributed by atoms with E-state index in [4.69, 9.17) is 0 Å². The molecule has 142 valence electrons. The van der Waals surface area contributed by atoms with Crippen molar-refractivity contribution in [3.05, 3.63) is 40.2 Å². The second kappa shape index (κ2) is 7.23. The molecule has 0 aliphatic heterocycles. The third-order valence-corrected chi connectivity index (χ3v) is 4.71. The van der Waals surface area contributed by atoms with Gasteiger partial charge in [0, 0.05) is 0 Å². The summed E-state index contributed by atoms with van der Waals surface area (Å²) in [6.45, 7) is 0.106. The van der Waals surface area contributed by atoms with Crippen LogP contribution in [0.3, 0.4) is 0 Å². The Bertz CT molecular complexity index is 1020. The Morgan fingerprint density at radius 2 is 2.19 bits per heavy atom. The summed E-state index contributed by atoms with van der Waals surface area (Å²) in [5.74, 6) is -0.480. The van der Waals surface area contributed by atoms with Crippen LogP contribution < -0.4 is 10.1 Å². The number of ether oxygens (including phenoxy) is 1. The van der Waals surface area contributed by atoms with Crippen molar-refractivity contribution >= 4 is 38.3 Å². The molecule has 2 heterocycles. The van der Waals surface area contributed by atoms with Crippen LogP contribution in [-0.4, -0.2) is 32.2 Å². The maximum atomic E-state index is 12.4. The molecule has 0 bridgehead atoms. The number of alkyl halides is 2. The molecule has 0 radical (unpaired) electrons. The lowest BCUT2D eigenvalue weighted by Crippen LogP contribution is -2.25. The highest BCUT2D eigenvalue weighted by Crippen LogP contribution is 2.30. The number of benzene rings is 1. The van der Waals surface area contributed by atoms with Crippen LogP contribution in [-0.2, 0) is 4.79 Å². The summed E-state index contributed by atoms with van der Waals surface area (Å²) in [7, 11) is 0. The Kier molecular flexibility index (Phi) is 4.99. The first-order chi connectivity index (χ1) is 12.8. The minimum absolute atomic E-state index is 0.00753. The number of nitrogens with one attached hydrogen (secondary N) is 1. The number of amides is 1. The first-order valence-electron chi connectivity index (χ1n) is 7.61. The van der Waals surface area contributed by atoms with E-state index in [1.807, 2.05) is 0 Å². The van der Waals surface area contributed by atoms with Crippen LogP contribution in [0.4, 0.5) is 19.6 Å². The van der Waals surface area contributed by atoms with E-state index >= 15 is 0 Å². The van der Waals surface area contributed by atoms with Crippen LogP contribution in [0.25, 0.3) is 10.2 Å². The van der Waals surface area contributed by atoms with Gasteiger partial charge in [-0.05, 0) is 32.0 Å². The summed E-state index contributed by atoms with van der Waals surface area (Å²) >= 11 is 1.09. The second-order valence-corrected chi connectivity index (χ2v) is 6.54. The minimum atomic E-state index is -2.93. The number of nitrogens with zero attached hydrogens (tertiary/aromatic N) is 4. The molecule has 27 heavy (non-hydrogen) atoms. The highest BCUT2D eigenvalue weighted by atomic mass is 32.1. The van der Waals surface area contributed by atoms with Crippen molar-refractivity contribution in [3.8, 4) is 5.75 Å². The van der Waals surface area contributed by atoms with E-state index in [0.717, 1.165) is 17.5 Å². The van der Waals surface area contributed by atoms with Crippen LogP contribution >= 0.6 is 11.3 Å². The average molecular weight is 397 g/mol. The number of anilines is 1. The Balaban J connectivity index is 1.78. The van der Waals surface area contributed by atoms with Crippen molar-refractivity contribution in [3.63, 3.8) is 0 Å². The van der Waals surface area contributed by atoms with Crippen LogP contribution in [0.15, 0.2) is 24.4 Å². The lowest BCUT2D eigenvalue weighted by molar-refractivity contribution is -0.385. The Morgan fingerprint density at radius 3 is 2.81 bits per heavy atom. The van der Waals surface area contributed by atoms with E-state index in [1.54, 1.807) is 6.92 Å². The van der Waals surface area contributed by atoms with Gasteiger partial charge in [-0.1, -0.05) is 11.3 Å². The number of aromatic nitrogens is 3. The standard InChI is InChI=1S/C15H13F2N5O4S/c1-7-11(22(24)25)6-18-21(7)8(2)13(23)20-15-19-10-4-3-9(26-14(16)17)5-12(10)27-15/h3-6,8,14H,1-2H3,(H,19,20,23). The van der Waals surface area contributed by atoms with Gasteiger partial charge in [-0.15, -0.1) is 0 Å². The number of hydrogen-bond acceptors (Lipinski definition) is 7. The first kappa shape index (κ1) is 18.6. The van der Waals surface area contributed by atoms with E-state index in [1.165, 1.54) is 29.8 Å². The lowest BCUT2D eigenvalue weighted by atomic mass is 10.3. The summed E-state index contributed by atoms with van der Waals surface area (Å²) < 4.78 is 30.7. The van der Waals surface area contributed by atoms with Crippen molar-refractivity contribution in [1.82, 2.24) is 14.8 Å². The number of carbonyl (C=O) groups is 1. The lowest BCUT2D eigenvalue weighted by Gasteiger charge is -2.12. The van der Waals surface area contributed by atoms with Gasteiger partial charge in [0.25, 0.3) is 5.91 Å². The zero-order valence-electron chi connectivity index (χ0n) is 14.1. The van der Waals surface area contributed by atoms with E-state index in [2.05, 4.69) is 20.1 Å². The van der Waals surface area contributed by atoms with Gasteiger partial charge < -0.3 is 10.1 Å². The monoisotopic (exact) mass is 397 g/mol. The van der Waals surface area contributed by atoms with Crippen molar-refractivity contribution in [1.29, 1.82) is 0 Å². The molecule has 3 aromatic rings. The number of fused-ring (bicyclic) bond motifs is 1. The fraction of sp³-hybridized carbons (Fsp3) is 0.267. The normalized spacial score (nSPS) is 12.3. The Hall–Kier alpha value is -3.15. The highest BCUT2D eigenvalue weighted by molar-refractivity contribution is 7.22. The molecule has 1 unspecified atom stereocenters. The number of halogens is 2. The van der Waals surface area contributed by atoms with Crippen LogP contribution in [0.5, 0.6) is 5.75 Å². The van der Waals surface area contributed by atoms with Crippen molar-refractivity contribution < 1.29 is 23.2 Å². The average Bonchev–Trinajstić information content (AvgIpc) is 3.15. The topological polar surface area (TPSA) is 112 Å². The maximum Gasteiger partial charge on any atom is 0.387 e. The molecule has 0 aliphatic carbocycles.